The second-order valence-electron chi connectivity index (χ2n) is 5.09. The van der Waals surface area contributed by atoms with E-state index >= 15 is 0 Å². The lowest BCUT2D eigenvalue weighted by Crippen LogP contribution is -2.32. The molecule has 20 heavy (non-hydrogen) atoms. The van der Waals surface area contributed by atoms with E-state index in [2.05, 4.69) is 5.32 Å². The smallest absolute Gasteiger partial charge is 0.223 e. The molecule has 0 spiro atoms. The topological polar surface area (TPSA) is 32.3 Å². The van der Waals surface area contributed by atoms with Gasteiger partial charge in [-0.15, -0.1) is 12.4 Å². The first kappa shape index (κ1) is 16.9. The van der Waals surface area contributed by atoms with Gasteiger partial charge in [0.25, 0.3) is 0 Å². The monoisotopic (exact) mass is 300 g/mol. The average molecular weight is 301 g/mol. The highest BCUT2D eigenvalue weighted by molar-refractivity contribution is 5.85. The van der Waals surface area contributed by atoms with Crippen molar-refractivity contribution in [1.29, 1.82) is 0 Å². The van der Waals surface area contributed by atoms with E-state index in [1.165, 1.54) is 12.1 Å². The van der Waals surface area contributed by atoms with Crippen LogP contribution >= 0.6 is 12.4 Å². The second kappa shape index (κ2) is 8.22. The van der Waals surface area contributed by atoms with Crippen LogP contribution in [0.1, 0.15) is 31.2 Å². The Morgan fingerprint density at radius 2 is 2.20 bits per heavy atom. The normalized spacial score (nSPS) is 13.7. The van der Waals surface area contributed by atoms with Crippen LogP contribution < -0.4 is 5.32 Å². The molecule has 1 amide bonds. The maximum absolute atomic E-state index is 13.2. The molecule has 0 heterocycles. The average Bonchev–Trinajstić information content (AvgIpc) is 3.20. The summed E-state index contributed by atoms with van der Waals surface area (Å²) in [7, 11) is 1.88. The first-order chi connectivity index (χ1) is 9.20. The summed E-state index contributed by atoms with van der Waals surface area (Å²) in [4.78, 5) is 14.1. The number of benzene rings is 1. The summed E-state index contributed by atoms with van der Waals surface area (Å²) in [5.41, 5.74) is 0.869. The number of hydrogen-bond donors (Lipinski definition) is 1. The minimum Gasteiger partial charge on any atom is -0.335 e. The van der Waals surface area contributed by atoms with E-state index in [1.807, 2.05) is 18.0 Å². The quantitative estimate of drug-likeness (QED) is 0.785. The van der Waals surface area contributed by atoms with Gasteiger partial charge in [0.2, 0.25) is 5.91 Å². The van der Waals surface area contributed by atoms with E-state index in [9.17, 15) is 9.18 Å². The standard InChI is InChI=1S/C15H21FN2O.ClH/c1-17-9-3-6-15(19)18(14-7-8-14)11-12-4-2-5-13(16)10-12;/h2,4-5,10,14,17H,3,6-9,11H2,1H3;1H. The van der Waals surface area contributed by atoms with Gasteiger partial charge in [0.1, 0.15) is 5.82 Å². The summed E-state index contributed by atoms with van der Waals surface area (Å²) in [6.07, 6.45) is 3.56. The van der Waals surface area contributed by atoms with Crippen molar-refractivity contribution in [2.45, 2.75) is 38.3 Å². The molecule has 0 aromatic heterocycles. The van der Waals surface area contributed by atoms with Crippen LogP contribution in [0.2, 0.25) is 0 Å². The molecule has 3 nitrogen and oxygen atoms in total. The number of carbonyl (C=O) groups excluding carboxylic acids is 1. The fourth-order valence-electron chi connectivity index (χ4n) is 2.20. The molecule has 5 heteroatoms. The van der Waals surface area contributed by atoms with E-state index in [0.29, 0.717) is 19.0 Å². The molecule has 0 aliphatic heterocycles. The molecule has 1 aliphatic carbocycles. The third-order valence-corrected chi connectivity index (χ3v) is 3.37. The van der Waals surface area contributed by atoms with Crippen molar-refractivity contribution in [2.24, 2.45) is 0 Å². The Balaban J connectivity index is 0.00000200. The Labute approximate surface area is 125 Å². The number of carbonyl (C=O) groups is 1. The summed E-state index contributed by atoms with van der Waals surface area (Å²) in [5, 5.41) is 3.04. The zero-order valence-electron chi connectivity index (χ0n) is 11.8. The number of amides is 1. The van der Waals surface area contributed by atoms with Gasteiger partial charge in [0, 0.05) is 19.0 Å². The molecule has 1 fully saturated rings. The summed E-state index contributed by atoms with van der Waals surface area (Å²) in [6, 6.07) is 6.88. The largest absolute Gasteiger partial charge is 0.335 e. The molecule has 1 aliphatic rings. The van der Waals surface area contributed by atoms with Crippen LogP contribution in [0.4, 0.5) is 4.39 Å². The highest BCUT2D eigenvalue weighted by Crippen LogP contribution is 2.29. The highest BCUT2D eigenvalue weighted by Gasteiger charge is 2.32. The number of rotatable bonds is 7. The molecule has 0 radical (unpaired) electrons. The predicted molar refractivity (Wildman–Crippen MR) is 80.4 cm³/mol. The van der Waals surface area contributed by atoms with Gasteiger partial charge in [-0.25, -0.2) is 4.39 Å². The molecule has 0 bridgehead atoms. The second-order valence-corrected chi connectivity index (χ2v) is 5.09. The molecular weight excluding hydrogens is 279 g/mol. The number of hydrogen-bond acceptors (Lipinski definition) is 2. The van der Waals surface area contributed by atoms with Gasteiger partial charge >= 0.3 is 0 Å². The van der Waals surface area contributed by atoms with E-state index in [4.69, 9.17) is 0 Å². The van der Waals surface area contributed by atoms with Crippen LogP contribution in [-0.2, 0) is 11.3 Å². The molecule has 1 aromatic rings. The zero-order valence-corrected chi connectivity index (χ0v) is 12.6. The third-order valence-electron chi connectivity index (χ3n) is 3.37. The Kier molecular flexibility index (Phi) is 6.96. The first-order valence-electron chi connectivity index (χ1n) is 6.89. The van der Waals surface area contributed by atoms with Crippen LogP contribution in [0.5, 0.6) is 0 Å². The Morgan fingerprint density at radius 3 is 2.80 bits per heavy atom. The minimum atomic E-state index is -0.240. The fraction of sp³-hybridized carbons (Fsp3) is 0.533. The molecular formula is C15H22ClFN2O. The van der Waals surface area contributed by atoms with Gasteiger partial charge in [-0.05, 0) is 50.6 Å². The van der Waals surface area contributed by atoms with Crippen molar-refractivity contribution in [3.8, 4) is 0 Å². The summed E-state index contributed by atoms with van der Waals surface area (Å²) in [5.74, 6) is -0.0575. The molecule has 0 saturated heterocycles. The Hall–Kier alpha value is -1.13. The van der Waals surface area contributed by atoms with E-state index in [1.54, 1.807) is 6.07 Å². The molecule has 112 valence electrons. The number of halogens is 2. The number of nitrogens with zero attached hydrogens (tertiary/aromatic N) is 1. The molecule has 0 unspecified atom stereocenters. The lowest BCUT2D eigenvalue weighted by Gasteiger charge is -2.22. The SMILES string of the molecule is CNCCCC(=O)N(Cc1cccc(F)c1)C1CC1.Cl. The maximum Gasteiger partial charge on any atom is 0.223 e. The Morgan fingerprint density at radius 1 is 1.45 bits per heavy atom. The van der Waals surface area contributed by atoms with Gasteiger partial charge in [0.15, 0.2) is 0 Å². The van der Waals surface area contributed by atoms with Crippen LogP contribution in [-0.4, -0.2) is 30.4 Å². The zero-order chi connectivity index (χ0) is 13.7. The van der Waals surface area contributed by atoms with Gasteiger partial charge in [-0.2, -0.15) is 0 Å². The van der Waals surface area contributed by atoms with Crippen LogP contribution in [0.25, 0.3) is 0 Å². The lowest BCUT2D eigenvalue weighted by atomic mass is 10.2. The fourth-order valence-corrected chi connectivity index (χ4v) is 2.20. The number of nitrogens with one attached hydrogen (secondary N) is 1. The van der Waals surface area contributed by atoms with E-state index in [-0.39, 0.29) is 24.1 Å². The molecule has 1 N–H and O–H groups in total. The molecule has 2 rings (SSSR count). The molecule has 0 atom stereocenters. The van der Waals surface area contributed by atoms with Gasteiger partial charge in [-0.3, -0.25) is 4.79 Å². The molecule has 1 aromatic carbocycles. The summed E-state index contributed by atoms with van der Waals surface area (Å²) in [6.45, 7) is 1.38. The van der Waals surface area contributed by atoms with Crippen molar-refractivity contribution < 1.29 is 9.18 Å². The van der Waals surface area contributed by atoms with E-state index < -0.39 is 0 Å². The van der Waals surface area contributed by atoms with Crippen molar-refractivity contribution in [1.82, 2.24) is 10.2 Å². The van der Waals surface area contributed by atoms with Crippen molar-refractivity contribution in [3.05, 3.63) is 35.6 Å². The molecule has 1 saturated carbocycles. The first-order valence-corrected chi connectivity index (χ1v) is 6.89. The van der Waals surface area contributed by atoms with Crippen LogP contribution in [0.3, 0.4) is 0 Å². The maximum atomic E-state index is 13.2. The summed E-state index contributed by atoms with van der Waals surface area (Å²) >= 11 is 0. The lowest BCUT2D eigenvalue weighted by molar-refractivity contribution is -0.132. The predicted octanol–water partition coefficient (Wildman–Crippen LogP) is 2.74. The van der Waals surface area contributed by atoms with Crippen molar-refractivity contribution >= 4 is 18.3 Å². The van der Waals surface area contributed by atoms with Crippen LogP contribution in [0.15, 0.2) is 24.3 Å². The summed E-state index contributed by atoms with van der Waals surface area (Å²) < 4.78 is 13.2. The van der Waals surface area contributed by atoms with Gasteiger partial charge < -0.3 is 10.2 Å². The Bertz CT molecular complexity index is 438. The van der Waals surface area contributed by atoms with Crippen molar-refractivity contribution in [3.63, 3.8) is 0 Å². The van der Waals surface area contributed by atoms with E-state index in [0.717, 1.165) is 31.4 Å². The minimum absolute atomic E-state index is 0. The van der Waals surface area contributed by atoms with Gasteiger partial charge in [-0.1, -0.05) is 12.1 Å². The van der Waals surface area contributed by atoms with Gasteiger partial charge in [0.05, 0.1) is 0 Å². The highest BCUT2D eigenvalue weighted by atomic mass is 35.5. The third kappa shape index (κ3) is 5.10. The van der Waals surface area contributed by atoms with Crippen molar-refractivity contribution in [2.75, 3.05) is 13.6 Å². The van der Waals surface area contributed by atoms with Crippen LogP contribution in [0, 0.1) is 5.82 Å².